The summed E-state index contributed by atoms with van der Waals surface area (Å²) in [6, 6.07) is 9.57. The molecule has 2 aromatic carbocycles. The average molecular weight is 546 g/mol. The predicted octanol–water partition coefficient (Wildman–Crippen LogP) is 2.80. The number of nitrogens with one attached hydrogen (secondary N) is 2. The summed E-state index contributed by atoms with van der Waals surface area (Å²) in [5.74, 6) is 4.13. The lowest BCUT2D eigenvalue weighted by molar-refractivity contribution is -0.119. The van der Waals surface area contributed by atoms with Gasteiger partial charge in [-0.3, -0.25) is 9.78 Å². The highest BCUT2D eigenvalue weighted by Gasteiger charge is 2.26. The molecule has 1 amide bonds. The molecule has 1 aliphatic heterocycles. The molecule has 0 saturated heterocycles. The van der Waals surface area contributed by atoms with Crippen LogP contribution in [0.5, 0.6) is 0 Å². The number of halogens is 2. The molecule has 206 valence electrons. The standard InChI is InChI=1S/C29H29F2N7O2/c30-23-9-3-19(12-24(23)31)16-38-17-33-14-22(29(38)40)28(39)34-11-1-2-18-4-10-25-26(13-18)37-27(15-35-25)36-21-7-5-20(32)6-8-21/h3-4,9-10,12-15,17,20-21,29,40H,5-8,11,16,32H2,(H,34,39)(H,36,37). The minimum atomic E-state index is -1.31. The van der Waals surface area contributed by atoms with Gasteiger partial charge in [-0.2, -0.15) is 0 Å². The lowest BCUT2D eigenvalue weighted by atomic mass is 9.92. The molecule has 0 radical (unpaired) electrons. The van der Waals surface area contributed by atoms with Crippen LogP contribution in [0.3, 0.4) is 0 Å². The number of hydrogen-bond acceptors (Lipinski definition) is 8. The van der Waals surface area contributed by atoms with Gasteiger partial charge in [0.1, 0.15) is 5.82 Å². The largest absolute Gasteiger partial charge is 0.369 e. The SMILES string of the molecule is NC1CCC(Nc2cnc3ccc(C#CCNC(=O)C4=CN=CN(Cc5ccc(F)c(F)c5)C4O)cc3n2)CC1. The van der Waals surface area contributed by atoms with Crippen LogP contribution >= 0.6 is 0 Å². The number of aliphatic imine (C=N–C) groups is 1. The summed E-state index contributed by atoms with van der Waals surface area (Å²) < 4.78 is 26.7. The lowest BCUT2D eigenvalue weighted by Gasteiger charge is -2.29. The summed E-state index contributed by atoms with van der Waals surface area (Å²) in [5.41, 5.74) is 8.60. The number of nitrogens with two attached hydrogens (primary N) is 1. The number of rotatable bonds is 6. The molecule has 2 aliphatic rings. The number of amides is 1. The number of aliphatic hydroxyl groups excluding tert-OH is 1. The van der Waals surface area contributed by atoms with Gasteiger partial charge in [-0.1, -0.05) is 17.9 Å². The van der Waals surface area contributed by atoms with Crippen LogP contribution in [0.15, 0.2) is 59.4 Å². The maximum absolute atomic E-state index is 13.5. The van der Waals surface area contributed by atoms with Crippen molar-refractivity contribution in [3.8, 4) is 11.8 Å². The third-order valence-electron chi connectivity index (χ3n) is 6.87. The number of aromatic nitrogens is 2. The molecular weight excluding hydrogens is 516 g/mol. The highest BCUT2D eigenvalue weighted by atomic mass is 19.2. The first-order chi connectivity index (χ1) is 19.4. The summed E-state index contributed by atoms with van der Waals surface area (Å²) in [6.07, 6.45) is 7.00. The van der Waals surface area contributed by atoms with Gasteiger partial charge in [-0.15, -0.1) is 0 Å². The zero-order valence-electron chi connectivity index (χ0n) is 21.6. The van der Waals surface area contributed by atoms with Crippen LogP contribution < -0.4 is 16.4 Å². The molecule has 1 saturated carbocycles. The van der Waals surface area contributed by atoms with Crippen LogP contribution in [-0.4, -0.2) is 57.1 Å². The fourth-order valence-electron chi connectivity index (χ4n) is 4.66. The molecule has 1 unspecified atom stereocenters. The zero-order valence-corrected chi connectivity index (χ0v) is 21.6. The molecule has 1 atom stereocenters. The van der Waals surface area contributed by atoms with E-state index in [-0.39, 0.29) is 24.7 Å². The van der Waals surface area contributed by atoms with E-state index in [0.29, 0.717) is 22.9 Å². The van der Waals surface area contributed by atoms with E-state index < -0.39 is 23.8 Å². The maximum atomic E-state index is 13.5. The number of carbonyl (C=O) groups excluding carboxylic acids is 1. The van der Waals surface area contributed by atoms with E-state index in [0.717, 1.165) is 48.9 Å². The van der Waals surface area contributed by atoms with Crippen LogP contribution in [-0.2, 0) is 11.3 Å². The third-order valence-corrected chi connectivity index (χ3v) is 6.87. The Bertz CT molecular complexity index is 1520. The first kappa shape index (κ1) is 27.2. The van der Waals surface area contributed by atoms with Crippen LogP contribution in [0, 0.1) is 23.5 Å². The number of hydrogen-bond donors (Lipinski definition) is 4. The van der Waals surface area contributed by atoms with Crippen molar-refractivity contribution < 1.29 is 18.7 Å². The number of carbonyl (C=O) groups is 1. The van der Waals surface area contributed by atoms with E-state index in [1.54, 1.807) is 6.20 Å². The maximum Gasteiger partial charge on any atom is 0.254 e. The zero-order chi connectivity index (χ0) is 28.1. The van der Waals surface area contributed by atoms with Crippen molar-refractivity contribution in [2.24, 2.45) is 10.7 Å². The molecule has 0 bridgehead atoms. The van der Waals surface area contributed by atoms with Gasteiger partial charge in [0.15, 0.2) is 17.9 Å². The summed E-state index contributed by atoms with van der Waals surface area (Å²) in [7, 11) is 0. The van der Waals surface area contributed by atoms with E-state index in [4.69, 9.17) is 5.73 Å². The minimum absolute atomic E-state index is 0.00726. The lowest BCUT2D eigenvalue weighted by Crippen LogP contribution is -2.42. The molecule has 40 heavy (non-hydrogen) atoms. The van der Waals surface area contributed by atoms with Crippen molar-refractivity contribution in [2.45, 2.75) is 50.5 Å². The molecule has 3 aromatic rings. The van der Waals surface area contributed by atoms with Crippen molar-refractivity contribution in [2.75, 3.05) is 11.9 Å². The highest BCUT2D eigenvalue weighted by molar-refractivity contribution is 5.95. The molecular formula is C29H29F2N7O2. The molecule has 1 aromatic heterocycles. The Morgan fingerprint density at radius 3 is 2.73 bits per heavy atom. The van der Waals surface area contributed by atoms with E-state index in [1.807, 2.05) is 18.2 Å². The van der Waals surface area contributed by atoms with Crippen LogP contribution in [0.2, 0.25) is 0 Å². The molecule has 11 heteroatoms. The molecule has 1 aliphatic carbocycles. The molecule has 5 rings (SSSR count). The van der Waals surface area contributed by atoms with Crippen molar-refractivity contribution in [3.05, 3.63) is 77.1 Å². The summed E-state index contributed by atoms with van der Waals surface area (Å²) in [6.45, 7) is 0.0636. The van der Waals surface area contributed by atoms with Gasteiger partial charge >= 0.3 is 0 Å². The molecule has 5 N–H and O–H groups in total. The van der Waals surface area contributed by atoms with Crippen molar-refractivity contribution >= 4 is 29.1 Å². The smallest absolute Gasteiger partial charge is 0.254 e. The fraction of sp³-hybridized carbons (Fsp3) is 0.310. The van der Waals surface area contributed by atoms with Crippen LogP contribution in [0.25, 0.3) is 11.0 Å². The van der Waals surface area contributed by atoms with Gasteiger partial charge in [0.25, 0.3) is 5.91 Å². The van der Waals surface area contributed by atoms with E-state index in [1.165, 1.54) is 23.5 Å². The first-order valence-corrected chi connectivity index (χ1v) is 13.0. The molecule has 1 fully saturated rings. The summed E-state index contributed by atoms with van der Waals surface area (Å²) in [4.78, 5) is 27.2. The number of aliphatic hydroxyl groups is 1. The van der Waals surface area contributed by atoms with Gasteiger partial charge in [0, 0.05) is 30.4 Å². The Balaban J connectivity index is 1.16. The first-order valence-electron chi connectivity index (χ1n) is 13.0. The van der Waals surface area contributed by atoms with E-state index in [9.17, 15) is 18.7 Å². The van der Waals surface area contributed by atoms with E-state index in [2.05, 4.69) is 37.4 Å². The summed E-state index contributed by atoms with van der Waals surface area (Å²) in [5, 5.41) is 16.7. The molecule has 2 heterocycles. The van der Waals surface area contributed by atoms with Gasteiger partial charge < -0.3 is 26.4 Å². The van der Waals surface area contributed by atoms with Gasteiger partial charge in [0.05, 0.1) is 35.7 Å². The van der Waals surface area contributed by atoms with Gasteiger partial charge in [0.2, 0.25) is 0 Å². The molecule has 0 spiro atoms. The average Bonchev–Trinajstić information content (AvgIpc) is 2.95. The number of nitrogens with zero attached hydrogens (tertiary/aromatic N) is 4. The predicted molar refractivity (Wildman–Crippen MR) is 148 cm³/mol. The van der Waals surface area contributed by atoms with Crippen molar-refractivity contribution in [1.82, 2.24) is 20.2 Å². The Kier molecular flexibility index (Phi) is 8.28. The normalized spacial score (nSPS) is 20.4. The number of fused-ring (bicyclic) bond motifs is 1. The van der Waals surface area contributed by atoms with Crippen molar-refractivity contribution in [1.29, 1.82) is 0 Å². The van der Waals surface area contributed by atoms with Crippen LogP contribution in [0.1, 0.15) is 36.8 Å². The third kappa shape index (κ3) is 6.59. The number of benzene rings is 2. The Hall–Kier alpha value is -4.40. The van der Waals surface area contributed by atoms with Gasteiger partial charge in [-0.25, -0.2) is 18.8 Å². The Morgan fingerprint density at radius 2 is 1.93 bits per heavy atom. The van der Waals surface area contributed by atoms with E-state index >= 15 is 0 Å². The van der Waals surface area contributed by atoms with Crippen LogP contribution in [0.4, 0.5) is 14.6 Å². The monoisotopic (exact) mass is 545 g/mol. The quantitative estimate of drug-likeness (QED) is 0.351. The summed E-state index contributed by atoms with van der Waals surface area (Å²) >= 11 is 0. The number of anilines is 1. The topological polar surface area (TPSA) is 129 Å². The second kappa shape index (κ2) is 12.2. The van der Waals surface area contributed by atoms with Crippen molar-refractivity contribution in [3.63, 3.8) is 0 Å². The van der Waals surface area contributed by atoms with Gasteiger partial charge in [-0.05, 0) is 61.6 Å². The second-order valence-corrected chi connectivity index (χ2v) is 9.84. The highest BCUT2D eigenvalue weighted by Crippen LogP contribution is 2.22. The second-order valence-electron chi connectivity index (χ2n) is 9.84. The Labute approximate surface area is 230 Å². The fourth-order valence-corrected chi connectivity index (χ4v) is 4.66. The Morgan fingerprint density at radius 1 is 1.10 bits per heavy atom. The minimum Gasteiger partial charge on any atom is -0.369 e. The molecule has 9 nitrogen and oxygen atoms in total.